The molecule has 0 radical (unpaired) electrons. The molecule has 0 bridgehead atoms. The molecule has 0 fully saturated rings. The SMILES string of the molecule is C#CC(O)c1ccc(OC)cc1OC. The lowest BCUT2D eigenvalue weighted by Gasteiger charge is -2.11. The first-order valence-corrected chi connectivity index (χ1v) is 4.09. The Labute approximate surface area is 83.3 Å². The number of ether oxygens (including phenoxy) is 2. The van der Waals surface area contributed by atoms with Gasteiger partial charge in [0.05, 0.1) is 14.2 Å². The van der Waals surface area contributed by atoms with Gasteiger partial charge in [0.1, 0.15) is 17.6 Å². The third-order valence-electron chi connectivity index (χ3n) is 1.89. The van der Waals surface area contributed by atoms with E-state index in [1.54, 1.807) is 25.3 Å². The molecule has 0 aliphatic carbocycles. The molecular weight excluding hydrogens is 180 g/mol. The predicted octanol–water partition coefficient (Wildman–Crippen LogP) is 1.37. The lowest BCUT2D eigenvalue weighted by molar-refractivity contribution is 0.232. The average Bonchev–Trinajstić information content (AvgIpc) is 2.27. The first-order valence-electron chi connectivity index (χ1n) is 4.09. The zero-order chi connectivity index (χ0) is 10.6. The van der Waals surface area contributed by atoms with Crippen LogP contribution in [0.25, 0.3) is 0 Å². The number of hydrogen-bond donors (Lipinski definition) is 1. The summed E-state index contributed by atoms with van der Waals surface area (Å²) in [4.78, 5) is 0. The molecule has 1 atom stereocenters. The highest BCUT2D eigenvalue weighted by Crippen LogP contribution is 2.28. The van der Waals surface area contributed by atoms with E-state index >= 15 is 0 Å². The normalized spacial score (nSPS) is 11.6. The summed E-state index contributed by atoms with van der Waals surface area (Å²) < 4.78 is 10.1. The fourth-order valence-electron chi connectivity index (χ4n) is 1.13. The molecule has 1 aromatic rings. The highest BCUT2D eigenvalue weighted by molar-refractivity contribution is 5.43. The maximum Gasteiger partial charge on any atom is 0.143 e. The lowest BCUT2D eigenvalue weighted by Crippen LogP contribution is -1.98. The van der Waals surface area contributed by atoms with Gasteiger partial charge in [-0.05, 0) is 12.1 Å². The average molecular weight is 192 g/mol. The van der Waals surface area contributed by atoms with Gasteiger partial charge in [-0.25, -0.2) is 0 Å². The van der Waals surface area contributed by atoms with Crippen molar-refractivity contribution in [2.75, 3.05) is 14.2 Å². The molecule has 0 saturated heterocycles. The molecule has 1 rings (SSSR count). The van der Waals surface area contributed by atoms with Crippen molar-refractivity contribution >= 4 is 0 Å². The van der Waals surface area contributed by atoms with Crippen molar-refractivity contribution < 1.29 is 14.6 Å². The monoisotopic (exact) mass is 192 g/mol. The number of methoxy groups -OCH3 is 2. The van der Waals surface area contributed by atoms with E-state index in [1.807, 2.05) is 0 Å². The van der Waals surface area contributed by atoms with Gasteiger partial charge < -0.3 is 14.6 Å². The molecule has 0 amide bonds. The highest BCUT2D eigenvalue weighted by Gasteiger charge is 2.11. The van der Waals surface area contributed by atoms with Gasteiger partial charge >= 0.3 is 0 Å². The summed E-state index contributed by atoms with van der Waals surface area (Å²) in [6, 6.07) is 5.08. The lowest BCUT2D eigenvalue weighted by atomic mass is 10.1. The Morgan fingerprint density at radius 1 is 1.36 bits per heavy atom. The van der Waals surface area contributed by atoms with E-state index in [4.69, 9.17) is 15.9 Å². The molecule has 1 N–H and O–H groups in total. The summed E-state index contributed by atoms with van der Waals surface area (Å²) in [5, 5.41) is 9.45. The van der Waals surface area contributed by atoms with Crippen LogP contribution in [0.2, 0.25) is 0 Å². The van der Waals surface area contributed by atoms with Gasteiger partial charge in [0.15, 0.2) is 0 Å². The Morgan fingerprint density at radius 2 is 2.07 bits per heavy atom. The summed E-state index contributed by atoms with van der Waals surface area (Å²) in [6.45, 7) is 0. The van der Waals surface area contributed by atoms with E-state index in [0.717, 1.165) is 0 Å². The molecule has 3 heteroatoms. The summed E-state index contributed by atoms with van der Waals surface area (Å²) in [5.41, 5.74) is 0.566. The zero-order valence-corrected chi connectivity index (χ0v) is 8.15. The van der Waals surface area contributed by atoms with Crippen molar-refractivity contribution in [1.29, 1.82) is 0 Å². The van der Waals surface area contributed by atoms with Crippen molar-refractivity contribution in [2.24, 2.45) is 0 Å². The van der Waals surface area contributed by atoms with Crippen LogP contribution in [-0.2, 0) is 0 Å². The molecular formula is C11H12O3. The quantitative estimate of drug-likeness (QED) is 0.735. The van der Waals surface area contributed by atoms with Crippen LogP contribution in [0.3, 0.4) is 0 Å². The summed E-state index contributed by atoms with van der Waals surface area (Å²) in [6.07, 6.45) is 4.16. The van der Waals surface area contributed by atoms with Crippen LogP contribution < -0.4 is 9.47 Å². The minimum Gasteiger partial charge on any atom is -0.497 e. The molecule has 1 aromatic carbocycles. The van der Waals surface area contributed by atoms with E-state index in [2.05, 4.69) is 5.92 Å². The van der Waals surface area contributed by atoms with Gasteiger partial charge in [-0.1, -0.05) is 5.92 Å². The zero-order valence-electron chi connectivity index (χ0n) is 8.15. The number of terminal acetylenes is 1. The Kier molecular flexibility index (Phi) is 3.38. The highest BCUT2D eigenvalue weighted by atomic mass is 16.5. The second kappa shape index (κ2) is 4.54. The van der Waals surface area contributed by atoms with Crippen LogP contribution in [-0.4, -0.2) is 19.3 Å². The molecule has 14 heavy (non-hydrogen) atoms. The molecule has 0 spiro atoms. The van der Waals surface area contributed by atoms with Gasteiger partial charge in [-0.15, -0.1) is 6.42 Å². The molecule has 0 aliphatic rings. The Hall–Kier alpha value is -1.66. The van der Waals surface area contributed by atoms with E-state index in [9.17, 15) is 5.11 Å². The van der Waals surface area contributed by atoms with Gasteiger partial charge in [-0.3, -0.25) is 0 Å². The maximum atomic E-state index is 9.45. The third-order valence-corrected chi connectivity index (χ3v) is 1.89. The first-order chi connectivity index (χ1) is 6.72. The Balaban J connectivity index is 3.12. The van der Waals surface area contributed by atoms with Crippen molar-refractivity contribution in [3.63, 3.8) is 0 Å². The number of hydrogen-bond acceptors (Lipinski definition) is 3. The van der Waals surface area contributed by atoms with E-state index in [0.29, 0.717) is 17.1 Å². The maximum absolute atomic E-state index is 9.45. The summed E-state index contributed by atoms with van der Waals surface area (Å²) in [5.74, 6) is 3.41. The van der Waals surface area contributed by atoms with Crippen molar-refractivity contribution in [2.45, 2.75) is 6.10 Å². The van der Waals surface area contributed by atoms with Crippen LogP contribution in [0.5, 0.6) is 11.5 Å². The second-order valence-corrected chi connectivity index (χ2v) is 2.68. The van der Waals surface area contributed by atoms with Gasteiger partial charge in [0.25, 0.3) is 0 Å². The Morgan fingerprint density at radius 3 is 2.57 bits per heavy atom. The van der Waals surface area contributed by atoms with Crippen molar-refractivity contribution in [3.05, 3.63) is 23.8 Å². The largest absolute Gasteiger partial charge is 0.497 e. The van der Waals surface area contributed by atoms with Gasteiger partial charge in [0.2, 0.25) is 0 Å². The summed E-state index contributed by atoms with van der Waals surface area (Å²) >= 11 is 0. The van der Waals surface area contributed by atoms with E-state index < -0.39 is 6.10 Å². The topological polar surface area (TPSA) is 38.7 Å². The molecule has 1 unspecified atom stereocenters. The van der Waals surface area contributed by atoms with Crippen LogP contribution in [0.1, 0.15) is 11.7 Å². The smallest absolute Gasteiger partial charge is 0.143 e. The number of rotatable bonds is 3. The molecule has 0 aliphatic heterocycles. The van der Waals surface area contributed by atoms with Crippen molar-refractivity contribution in [3.8, 4) is 23.8 Å². The summed E-state index contributed by atoms with van der Waals surface area (Å²) in [7, 11) is 3.08. The second-order valence-electron chi connectivity index (χ2n) is 2.68. The van der Waals surface area contributed by atoms with Gasteiger partial charge in [0, 0.05) is 11.6 Å². The molecule has 0 aromatic heterocycles. The molecule has 0 saturated carbocycles. The minimum atomic E-state index is -0.948. The standard InChI is InChI=1S/C11H12O3/c1-4-10(12)9-6-5-8(13-2)7-11(9)14-3/h1,5-7,10,12H,2-3H3. The number of aliphatic hydroxyl groups excluding tert-OH is 1. The number of aliphatic hydroxyl groups is 1. The molecule has 0 heterocycles. The van der Waals surface area contributed by atoms with E-state index in [-0.39, 0.29) is 0 Å². The third kappa shape index (κ3) is 1.98. The van der Waals surface area contributed by atoms with E-state index in [1.165, 1.54) is 7.11 Å². The minimum absolute atomic E-state index is 0.523. The molecule has 3 nitrogen and oxygen atoms in total. The van der Waals surface area contributed by atoms with Crippen LogP contribution >= 0.6 is 0 Å². The van der Waals surface area contributed by atoms with Crippen LogP contribution in [0.4, 0.5) is 0 Å². The number of benzene rings is 1. The first kappa shape index (κ1) is 10.4. The predicted molar refractivity (Wildman–Crippen MR) is 53.3 cm³/mol. The fourth-order valence-corrected chi connectivity index (χ4v) is 1.13. The van der Waals surface area contributed by atoms with Crippen LogP contribution in [0, 0.1) is 12.3 Å². The van der Waals surface area contributed by atoms with Crippen LogP contribution in [0.15, 0.2) is 18.2 Å². The van der Waals surface area contributed by atoms with Crippen molar-refractivity contribution in [1.82, 2.24) is 0 Å². The van der Waals surface area contributed by atoms with Gasteiger partial charge in [-0.2, -0.15) is 0 Å². The Bertz CT molecular complexity index is 352. The molecule has 74 valence electrons. The fraction of sp³-hybridized carbons (Fsp3) is 0.273.